The van der Waals surface area contributed by atoms with Gasteiger partial charge < -0.3 is 23.5 Å². The second kappa shape index (κ2) is 8.29. The Bertz CT molecular complexity index is 389. The molecule has 4 N–H and O–H groups in total. The summed E-state index contributed by atoms with van der Waals surface area (Å²) in [5.74, 6) is -0.847. The first-order valence-corrected chi connectivity index (χ1v) is 6.22. The lowest BCUT2D eigenvalue weighted by Crippen LogP contribution is -3.00. The molecule has 0 radical (unpaired) electrons. The first kappa shape index (κ1) is 18.1. The van der Waals surface area contributed by atoms with E-state index in [1.807, 2.05) is 30.3 Å². The highest BCUT2D eigenvalue weighted by atomic mass is 35.5. The number of rotatable bonds is 5. The van der Waals surface area contributed by atoms with Crippen molar-refractivity contribution in [2.24, 2.45) is 0 Å². The van der Waals surface area contributed by atoms with Gasteiger partial charge >= 0.3 is 5.51 Å². The summed E-state index contributed by atoms with van der Waals surface area (Å²) < 4.78 is 35.8. The first-order valence-electron chi connectivity index (χ1n) is 5.24. The molecule has 1 amide bonds. The second-order valence-corrected chi connectivity index (χ2v) is 4.74. The maximum absolute atomic E-state index is 11.9. The smallest absolute Gasteiger partial charge is 0.442 e. The fourth-order valence-electron chi connectivity index (χ4n) is 1.20. The van der Waals surface area contributed by atoms with Gasteiger partial charge in [0.2, 0.25) is 0 Å². The number of carbonyl (C=O) groups is 1. The van der Waals surface area contributed by atoms with Gasteiger partial charge in [0.25, 0.3) is 5.91 Å². The molecule has 0 saturated heterocycles. The van der Waals surface area contributed by atoms with E-state index in [9.17, 15) is 18.0 Å². The third-order valence-corrected chi connectivity index (χ3v) is 3.02. The molecule has 0 aliphatic carbocycles. The largest absolute Gasteiger partial charge is 1.00 e. The summed E-state index contributed by atoms with van der Waals surface area (Å²) in [5, 5.41) is 2.55. The highest BCUT2D eigenvalue weighted by molar-refractivity contribution is 8.00. The summed E-state index contributed by atoms with van der Waals surface area (Å²) in [7, 11) is 0. The van der Waals surface area contributed by atoms with Crippen molar-refractivity contribution < 1.29 is 36.1 Å². The van der Waals surface area contributed by atoms with E-state index < -0.39 is 17.5 Å². The summed E-state index contributed by atoms with van der Waals surface area (Å²) >= 11 is -0.232. The Balaban J connectivity index is 0.00000324. The summed E-state index contributed by atoms with van der Waals surface area (Å²) in [6.07, 6.45) is 0. The molecule has 0 fully saturated rings. The molecule has 0 heterocycles. The quantitative estimate of drug-likeness (QED) is 0.672. The molecule has 1 rings (SSSR count). The van der Waals surface area contributed by atoms with Crippen molar-refractivity contribution in [3.8, 4) is 0 Å². The lowest BCUT2D eigenvalue weighted by molar-refractivity contribution is -0.396. The lowest BCUT2D eigenvalue weighted by Gasteiger charge is -2.10. The molecule has 0 aromatic heterocycles. The Morgan fingerprint density at radius 3 is 2.42 bits per heavy atom. The molecule has 0 aliphatic rings. The van der Waals surface area contributed by atoms with Crippen LogP contribution >= 0.6 is 11.8 Å². The van der Waals surface area contributed by atoms with E-state index in [4.69, 9.17) is 0 Å². The number of amides is 1. The van der Waals surface area contributed by atoms with E-state index in [0.29, 0.717) is 6.54 Å². The van der Waals surface area contributed by atoms with Gasteiger partial charge in [0.15, 0.2) is 6.04 Å². The molecule has 0 unspecified atom stereocenters. The summed E-state index contributed by atoms with van der Waals surface area (Å²) in [4.78, 5) is 11.5. The van der Waals surface area contributed by atoms with E-state index in [-0.39, 0.29) is 29.9 Å². The monoisotopic (exact) mass is 314 g/mol. The molecule has 108 valence electrons. The minimum atomic E-state index is -4.32. The molecule has 1 atom stereocenters. The van der Waals surface area contributed by atoms with Crippen LogP contribution in [0.1, 0.15) is 5.56 Å². The number of alkyl halides is 3. The summed E-state index contributed by atoms with van der Waals surface area (Å²) in [5.41, 5.74) is -0.0130. The fraction of sp³-hybridized carbons (Fsp3) is 0.364. The predicted molar refractivity (Wildman–Crippen MR) is 63.5 cm³/mol. The van der Waals surface area contributed by atoms with Crippen LogP contribution in [0.15, 0.2) is 30.3 Å². The van der Waals surface area contributed by atoms with Gasteiger partial charge in [-0.2, -0.15) is 13.2 Å². The maximum Gasteiger partial charge on any atom is 0.442 e. The Labute approximate surface area is 119 Å². The van der Waals surface area contributed by atoms with Crippen LogP contribution < -0.4 is 23.5 Å². The van der Waals surface area contributed by atoms with E-state index in [1.165, 1.54) is 0 Å². The van der Waals surface area contributed by atoms with Crippen LogP contribution in [-0.4, -0.2) is 23.2 Å². The molecule has 8 heteroatoms. The van der Waals surface area contributed by atoms with Crippen LogP contribution in [0.2, 0.25) is 0 Å². The maximum atomic E-state index is 11.9. The fourth-order valence-corrected chi connectivity index (χ4v) is 1.74. The van der Waals surface area contributed by atoms with Gasteiger partial charge in [-0.3, -0.25) is 4.79 Å². The molecule has 0 aliphatic heterocycles. The third-order valence-electron chi connectivity index (χ3n) is 2.13. The number of benzene rings is 1. The molecule has 0 saturated carbocycles. The molecule has 1 aromatic rings. The average molecular weight is 315 g/mol. The van der Waals surface area contributed by atoms with E-state index in [2.05, 4.69) is 11.1 Å². The van der Waals surface area contributed by atoms with Gasteiger partial charge in [0.1, 0.15) is 0 Å². The van der Waals surface area contributed by atoms with Crippen LogP contribution in [0.25, 0.3) is 0 Å². The van der Waals surface area contributed by atoms with Crippen LogP contribution in [0, 0.1) is 0 Å². The Kier molecular flexibility index (Phi) is 7.89. The lowest BCUT2D eigenvalue weighted by atomic mass is 10.2. The van der Waals surface area contributed by atoms with Crippen molar-refractivity contribution in [2.45, 2.75) is 18.1 Å². The Morgan fingerprint density at radius 1 is 1.32 bits per heavy atom. The minimum Gasteiger partial charge on any atom is -1.00 e. The minimum absolute atomic E-state index is 0. The standard InChI is InChI=1S/C11H13F3N2OS.ClH/c12-11(13,14)18-7-9(15)10(17)16-6-8-4-2-1-3-5-8;/h1-5,9H,6-7,15H2,(H,16,17);1H/t9-;/m0./s1. The van der Waals surface area contributed by atoms with E-state index >= 15 is 0 Å². The molecule has 0 bridgehead atoms. The zero-order chi connectivity index (χ0) is 13.6. The van der Waals surface area contributed by atoms with E-state index in [0.717, 1.165) is 5.56 Å². The van der Waals surface area contributed by atoms with Gasteiger partial charge in [0, 0.05) is 6.54 Å². The number of thioether (sulfide) groups is 1. The summed E-state index contributed by atoms with van der Waals surface area (Å²) in [6.45, 7) is 0.294. The molecule has 0 spiro atoms. The van der Waals surface area contributed by atoms with Gasteiger partial charge in [-0.1, -0.05) is 30.3 Å². The van der Waals surface area contributed by atoms with Crippen LogP contribution in [0.3, 0.4) is 0 Å². The van der Waals surface area contributed by atoms with Gasteiger partial charge in [-0.25, -0.2) is 0 Å². The highest BCUT2D eigenvalue weighted by Gasteiger charge is 2.31. The van der Waals surface area contributed by atoms with Crippen LogP contribution in [-0.2, 0) is 11.3 Å². The topological polar surface area (TPSA) is 56.7 Å². The molecule has 3 nitrogen and oxygen atoms in total. The number of carbonyl (C=O) groups excluding carboxylic acids is 1. The van der Waals surface area contributed by atoms with Gasteiger partial charge in [-0.15, -0.1) is 0 Å². The number of quaternary nitrogens is 1. The van der Waals surface area contributed by atoms with Crippen molar-refractivity contribution in [1.29, 1.82) is 0 Å². The zero-order valence-electron chi connectivity index (χ0n) is 9.91. The first-order chi connectivity index (χ1) is 8.38. The van der Waals surface area contributed by atoms with Crippen molar-refractivity contribution in [3.63, 3.8) is 0 Å². The Morgan fingerprint density at radius 2 is 1.89 bits per heavy atom. The number of halogens is 4. The summed E-state index contributed by atoms with van der Waals surface area (Å²) in [6, 6.07) is 8.22. The van der Waals surface area contributed by atoms with Gasteiger partial charge in [0.05, 0.1) is 5.75 Å². The molecule has 1 aromatic carbocycles. The van der Waals surface area contributed by atoms with Crippen molar-refractivity contribution >= 4 is 17.7 Å². The van der Waals surface area contributed by atoms with Crippen molar-refractivity contribution in [3.05, 3.63) is 35.9 Å². The van der Waals surface area contributed by atoms with Crippen LogP contribution in [0.4, 0.5) is 13.2 Å². The molecular weight excluding hydrogens is 301 g/mol. The van der Waals surface area contributed by atoms with Crippen molar-refractivity contribution in [2.75, 3.05) is 5.75 Å². The third kappa shape index (κ3) is 7.97. The number of hydrogen-bond donors (Lipinski definition) is 2. The highest BCUT2D eigenvalue weighted by Crippen LogP contribution is 2.29. The molecular formula is C11H14ClF3N2OS. The predicted octanol–water partition coefficient (Wildman–Crippen LogP) is -1.83. The van der Waals surface area contributed by atoms with Crippen molar-refractivity contribution in [1.82, 2.24) is 5.32 Å². The number of nitrogens with one attached hydrogen (secondary N) is 1. The Hall–Kier alpha value is -0.920. The second-order valence-electron chi connectivity index (χ2n) is 3.66. The SMILES string of the molecule is [Cl-].[NH3+][C@@H](CSC(F)(F)F)C(=O)NCc1ccccc1. The zero-order valence-corrected chi connectivity index (χ0v) is 11.5. The average Bonchev–Trinajstić information content (AvgIpc) is 2.33. The van der Waals surface area contributed by atoms with Crippen LogP contribution in [0.5, 0.6) is 0 Å². The number of hydrogen-bond acceptors (Lipinski definition) is 2. The normalized spacial score (nSPS) is 12.4. The molecule has 19 heavy (non-hydrogen) atoms. The van der Waals surface area contributed by atoms with Gasteiger partial charge in [-0.05, 0) is 17.3 Å². The van der Waals surface area contributed by atoms with E-state index in [1.54, 1.807) is 0 Å².